The third-order valence-electron chi connectivity index (χ3n) is 4.93. The molecule has 3 rings (SSSR count). The minimum Gasteiger partial charge on any atom is -0.490 e. The van der Waals surface area contributed by atoms with Crippen molar-refractivity contribution in [1.29, 1.82) is 0 Å². The van der Waals surface area contributed by atoms with Crippen LogP contribution in [-0.2, 0) is 0 Å². The third kappa shape index (κ3) is 5.41. The summed E-state index contributed by atoms with van der Waals surface area (Å²) in [6, 6.07) is 9.22. The van der Waals surface area contributed by atoms with Crippen LogP contribution in [0.5, 0.6) is 11.5 Å². The quantitative estimate of drug-likeness (QED) is 0.293. The number of hydrogen-bond acceptors (Lipinski definition) is 5. The lowest BCUT2D eigenvalue weighted by Crippen LogP contribution is -2.23. The Balaban J connectivity index is 2.10. The fourth-order valence-corrected chi connectivity index (χ4v) is 3.87. The summed E-state index contributed by atoms with van der Waals surface area (Å²) in [5.41, 5.74) is 1.20. The monoisotopic (exact) mass is 563 g/mol. The summed E-state index contributed by atoms with van der Waals surface area (Å²) >= 11 is 7.03. The Labute approximate surface area is 204 Å². The maximum absolute atomic E-state index is 13.2. The summed E-state index contributed by atoms with van der Waals surface area (Å²) in [5.74, 6) is 1.91. The first-order valence-corrected chi connectivity index (χ1v) is 12.2. The second-order valence-corrected chi connectivity index (χ2v) is 9.51. The van der Waals surface area contributed by atoms with Gasteiger partial charge in [-0.15, -0.1) is 0 Å². The van der Waals surface area contributed by atoms with Gasteiger partial charge in [-0.05, 0) is 66.5 Å². The van der Waals surface area contributed by atoms with E-state index in [1.165, 1.54) is 4.68 Å². The Morgan fingerprint density at radius 3 is 2.53 bits per heavy atom. The van der Waals surface area contributed by atoms with E-state index in [0.717, 1.165) is 20.9 Å². The third-order valence-corrected chi connectivity index (χ3v) is 6.11. The molecule has 0 saturated heterocycles. The van der Waals surface area contributed by atoms with Crippen LogP contribution in [0.3, 0.4) is 0 Å². The van der Waals surface area contributed by atoms with Crippen molar-refractivity contribution in [3.63, 3.8) is 0 Å². The highest BCUT2D eigenvalue weighted by Gasteiger charge is 2.15. The lowest BCUT2D eigenvalue weighted by Gasteiger charge is -2.17. The van der Waals surface area contributed by atoms with E-state index in [1.54, 1.807) is 12.3 Å². The van der Waals surface area contributed by atoms with E-state index in [0.29, 0.717) is 34.8 Å². The van der Waals surface area contributed by atoms with Crippen LogP contribution in [0.4, 0.5) is 0 Å². The number of nitrogens with zero attached hydrogens (tertiary/aromatic N) is 3. The van der Waals surface area contributed by atoms with Crippen molar-refractivity contribution in [3.8, 4) is 11.5 Å². The normalized spacial score (nSPS) is 12.6. The van der Waals surface area contributed by atoms with E-state index in [1.807, 2.05) is 52.0 Å². The van der Waals surface area contributed by atoms with Gasteiger partial charge in [0.1, 0.15) is 5.82 Å². The van der Waals surface area contributed by atoms with Gasteiger partial charge < -0.3 is 9.47 Å². The number of ether oxygens (including phenoxy) is 2. The molecular formula is C24H27Br2N3O3. The van der Waals surface area contributed by atoms with Crippen LogP contribution < -0.4 is 15.0 Å². The van der Waals surface area contributed by atoms with Crippen molar-refractivity contribution < 1.29 is 9.47 Å². The Morgan fingerprint density at radius 2 is 1.88 bits per heavy atom. The number of hydrogen-bond donors (Lipinski definition) is 0. The summed E-state index contributed by atoms with van der Waals surface area (Å²) in [5, 5.41) is 5.03. The Bertz CT molecular complexity index is 1210. The molecule has 0 bridgehead atoms. The predicted octanol–water partition coefficient (Wildman–Crippen LogP) is 6.50. The van der Waals surface area contributed by atoms with E-state index >= 15 is 0 Å². The first-order valence-electron chi connectivity index (χ1n) is 10.6. The van der Waals surface area contributed by atoms with Crippen molar-refractivity contribution in [1.82, 2.24) is 9.66 Å². The summed E-state index contributed by atoms with van der Waals surface area (Å²) in [6.07, 6.45) is 2.59. The smallest absolute Gasteiger partial charge is 0.282 e. The van der Waals surface area contributed by atoms with Gasteiger partial charge in [-0.3, -0.25) is 4.79 Å². The largest absolute Gasteiger partial charge is 0.490 e. The van der Waals surface area contributed by atoms with Gasteiger partial charge in [-0.25, -0.2) is 4.98 Å². The van der Waals surface area contributed by atoms with Gasteiger partial charge in [0, 0.05) is 20.4 Å². The highest BCUT2D eigenvalue weighted by atomic mass is 79.9. The van der Waals surface area contributed by atoms with Gasteiger partial charge in [0.15, 0.2) is 11.5 Å². The molecule has 1 atom stereocenters. The minimum atomic E-state index is -0.214. The molecule has 0 aliphatic carbocycles. The molecule has 1 aromatic heterocycles. The summed E-state index contributed by atoms with van der Waals surface area (Å²) in [4.78, 5) is 17.9. The predicted molar refractivity (Wildman–Crippen MR) is 136 cm³/mol. The van der Waals surface area contributed by atoms with E-state index in [9.17, 15) is 4.79 Å². The van der Waals surface area contributed by atoms with Crippen LogP contribution in [0, 0.1) is 0 Å². The molecule has 2 aromatic carbocycles. The van der Waals surface area contributed by atoms with Gasteiger partial charge in [-0.1, -0.05) is 36.7 Å². The summed E-state index contributed by atoms with van der Waals surface area (Å²) in [7, 11) is 0. The molecule has 32 heavy (non-hydrogen) atoms. The van der Waals surface area contributed by atoms with E-state index in [2.05, 4.69) is 48.9 Å². The molecule has 0 amide bonds. The Morgan fingerprint density at radius 1 is 1.12 bits per heavy atom. The number of benzene rings is 2. The van der Waals surface area contributed by atoms with Crippen molar-refractivity contribution >= 4 is 49.0 Å². The van der Waals surface area contributed by atoms with Gasteiger partial charge in [0.05, 0.1) is 29.8 Å². The van der Waals surface area contributed by atoms with Gasteiger partial charge in [-0.2, -0.15) is 9.78 Å². The fraction of sp³-hybridized carbons (Fsp3) is 0.375. The molecule has 1 heterocycles. The standard InChI is InChI=1S/C24H27Br2N3O3/c1-6-15(5)32-22-12-19(26)16(10-21(22)31-7-2)13-27-29-23(14(3)4)28-20-9-8-17(25)11-18(20)24(29)30/h8-15H,6-7H2,1-5H3/t15-/m0/s1. The molecule has 8 heteroatoms. The van der Waals surface area contributed by atoms with Crippen molar-refractivity contribution in [2.75, 3.05) is 6.61 Å². The molecule has 170 valence electrons. The average Bonchev–Trinajstić information content (AvgIpc) is 2.75. The van der Waals surface area contributed by atoms with Crippen LogP contribution in [0.15, 0.2) is 49.2 Å². The van der Waals surface area contributed by atoms with E-state index in [4.69, 9.17) is 9.47 Å². The Kier molecular flexibility index (Phi) is 8.11. The lowest BCUT2D eigenvalue weighted by atomic mass is 10.2. The molecule has 0 spiro atoms. The SMILES string of the molecule is CCOc1cc(C=Nn2c(C(C)C)nc3ccc(Br)cc3c2=O)c(Br)cc1O[C@@H](C)CC. The Hall–Kier alpha value is -2.19. The second-order valence-electron chi connectivity index (χ2n) is 7.74. The fourth-order valence-electron chi connectivity index (χ4n) is 3.08. The van der Waals surface area contributed by atoms with Crippen LogP contribution in [0.2, 0.25) is 0 Å². The first kappa shape index (κ1) is 24.5. The van der Waals surface area contributed by atoms with E-state index in [-0.39, 0.29) is 17.6 Å². The molecule has 0 N–H and O–H groups in total. The number of halogens is 2. The zero-order chi connectivity index (χ0) is 23.4. The van der Waals surface area contributed by atoms with E-state index < -0.39 is 0 Å². The zero-order valence-corrected chi connectivity index (χ0v) is 22.0. The molecule has 0 unspecified atom stereocenters. The maximum Gasteiger partial charge on any atom is 0.282 e. The molecule has 0 aliphatic rings. The van der Waals surface area contributed by atoms with Crippen LogP contribution in [-0.4, -0.2) is 28.6 Å². The molecule has 0 saturated carbocycles. The van der Waals surface area contributed by atoms with Gasteiger partial charge >= 0.3 is 0 Å². The van der Waals surface area contributed by atoms with Crippen LogP contribution in [0.25, 0.3) is 10.9 Å². The van der Waals surface area contributed by atoms with Crippen LogP contribution >= 0.6 is 31.9 Å². The van der Waals surface area contributed by atoms with Gasteiger partial charge in [0.25, 0.3) is 5.56 Å². The maximum atomic E-state index is 13.2. The topological polar surface area (TPSA) is 65.7 Å². The van der Waals surface area contributed by atoms with Crippen molar-refractivity contribution in [2.24, 2.45) is 5.10 Å². The summed E-state index contributed by atoms with van der Waals surface area (Å²) in [6.45, 7) is 10.5. The highest BCUT2D eigenvalue weighted by Crippen LogP contribution is 2.34. The van der Waals surface area contributed by atoms with Gasteiger partial charge in [0.2, 0.25) is 0 Å². The molecule has 0 aliphatic heterocycles. The minimum absolute atomic E-state index is 0.0154. The molecule has 0 radical (unpaired) electrons. The van der Waals surface area contributed by atoms with Crippen molar-refractivity contribution in [3.05, 3.63) is 61.0 Å². The molecular weight excluding hydrogens is 538 g/mol. The number of rotatable bonds is 8. The number of aromatic nitrogens is 2. The molecule has 6 nitrogen and oxygen atoms in total. The summed E-state index contributed by atoms with van der Waals surface area (Å²) < 4.78 is 14.8. The second kappa shape index (κ2) is 10.6. The lowest BCUT2D eigenvalue weighted by molar-refractivity contribution is 0.203. The van der Waals surface area contributed by atoms with Crippen LogP contribution in [0.1, 0.15) is 58.3 Å². The zero-order valence-electron chi connectivity index (χ0n) is 18.9. The molecule has 0 fully saturated rings. The van der Waals surface area contributed by atoms with Crippen molar-refractivity contribution in [2.45, 2.75) is 53.1 Å². The first-order chi connectivity index (χ1) is 15.2. The number of fused-ring (bicyclic) bond motifs is 1. The highest BCUT2D eigenvalue weighted by molar-refractivity contribution is 9.10. The molecule has 3 aromatic rings. The average molecular weight is 565 g/mol.